The van der Waals surface area contributed by atoms with Crippen LogP contribution >= 0.6 is 0 Å². The van der Waals surface area contributed by atoms with Gasteiger partial charge in [-0.2, -0.15) is 0 Å². The fourth-order valence-corrected chi connectivity index (χ4v) is 6.93. The van der Waals surface area contributed by atoms with Crippen LogP contribution in [-0.2, 0) is 14.3 Å². The topological polar surface area (TPSA) is 64.6 Å². The summed E-state index contributed by atoms with van der Waals surface area (Å²) in [6, 6.07) is 0. The molecule has 0 saturated heterocycles. The van der Waals surface area contributed by atoms with Gasteiger partial charge in [-0.15, -0.1) is 0 Å². The lowest BCUT2D eigenvalue weighted by atomic mass is 9.43. The Morgan fingerprint density at radius 3 is 2.22 bits per heavy atom. The number of hydrogen-bond donors (Lipinski definition) is 1. The maximum Gasteiger partial charge on any atom is 0.410 e. The van der Waals surface area contributed by atoms with E-state index in [1.54, 1.807) is 0 Å². The van der Waals surface area contributed by atoms with Gasteiger partial charge in [-0.3, -0.25) is 4.79 Å². The largest absolute Gasteiger partial charge is 0.428 e. The smallest absolute Gasteiger partial charge is 0.410 e. The molecule has 0 radical (unpaired) electrons. The predicted molar refractivity (Wildman–Crippen MR) is 104 cm³/mol. The lowest BCUT2D eigenvalue weighted by molar-refractivity contribution is -0.152. The van der Waals surface area contributed by atoms with Crippen LogP contribution in [0.25, 0.3) is 0 Å². The molecule has 5 nitrogen and oxygen atoms in total. The van der Waals surface area contributed by atoms with Crippen molar-refractivity contribution in [1.29, 1.82) is 0 Å². The number of unbranched alkanes of at least 4 members (excludes halogenated alkanes) is 4. The van der Waals surface area contributed by atoms with E-state index in [4.69, 9.17) is 9.47 Å². The van der Waals surface area contributed by atoms with Gasteiger partial charge in [0.1, 0.15) is 0 Å². The van der Waals surface area contributed by atoms with E-state index < -0.39 is 6.09 Å². The number of carbonyl (C=O) groups is 2. The molecule has 4 fully saturated rings. The first kappa shape index (κ1) is 20.5. The summed E-state index contributed by atoms with van der Waals surface area (Å²) in [4.78, 5) is 24.0. The van der Waals surface area contributed by atoms with Gasteiger partial charge < -0.3 is 14.8 Å². The molecule has 27 heavy (non-hydrogen) atoms. The molecule has 0 aromatic heterocycles. The second-order valence-corrected chi connectivity index (χ2v) is 10.3. The average Bonchev–Trinajstić information content (AvgIpc) is 2.50. The second kappa shape index (κ2) is 8.00. The minimum Gasteiger partial charge on any atom is -0.428 e. The Labute approximate surface area is 163 Å². The summed E-state index contributed by atoms with van der Waals surface area (Å²) in [6.07, 6.45) is 12.4. The molecule has 4 bridgehead atoms. The maximum absolute atomic E-state index is 12.3. The first-order valence-electron chi connectivity index (χ1n) is 10.9. The van der Waals surface area contributed by atoms with Crippen molar-refractivity contribution < 1.29 is 19.1 Å². The second-order valence-electron chi connectivity index (χ2n) is 10.3. The van der Waals surface area contributed by atoms with Gasteiger partial charge in [-0.25, -0.2) is 4.79 Å². The van der Waals surface area contributed by atoms with Gasteiger partial charge in [-0.05, 0) is 61.7 Å². The van der Waals surface area contributed by atoms with E-state index in [2.05, 4.69) is 26.1 Å². The molecule has 5 heteroatoms. The number of ether oxygens (including phenoxy) is 2. The fraction of sp³-hybridized carbons (Fsp3) is 0.909. The van der Waals surface area contributed by atoms with Crippen LogP contribution < -0.4 is 5.32 Å². The summed E-state index contributed by atoms with van der Waals surface area (Å²) in [6.45, 7) is 6.63. The lowest BCUT2D eigenvalue weighted by Crippen LogP contribution is -2.65. The molecule has 1 N–H and O–H groups in total. The number of amides is 1. The highest BCUT2D eigenvalue weighted by Crippen LogP contribution is 2.66. The van der Waals surface area contributed by atoms with Gasteiger partial charge in [0, 0.05) is 12.0 Å². The summed E-state index contributed by atoms with van der Waals surface area (Å²) in [5, 5.41) is 3.16. The third-order valence-electron chi connectivity index (χ3n) is 6.89. The summed E-state index contributed by atoms with van der Waals surface area (Å²) in [5.74, 6) is 0.427. The molecule has 0 heterocycles. The van der Waals surface area contributed by atoms with E-state index in [0.717, 1.165) is 38.5 Å². The van der Waals surface area contributed by atoms with Gasteiger partial charge in [0.15, 0.2) is 0 Å². The van der Waals surface area contributed by atoms with Gasteiger partial charge >= 0.3 is 12.1 Å². The van der Waals surface area contributed by atoms with E-state index in [1.807, 2.05) is 0 Å². The Kier molecular flexibility index (Phi) is 6.07. The molecule has 4 saturated carbocycles. The normalized spacial score (nSPS) is 36.5. The highest BCUT2D eigenvalue weighted by atomic mass is 16.7. The van der Waals surface area contributed by atoms with Crippen molar-refractivity contribution in [2.45, 2.75) is 103 Å². The molecule has 1 amide bonds. The molecule has 2 unspecified atom stereocenters. The molecule has 0 aromatic rings. The standard InChI is InChI=1S/C22H37NO4/c1-4-5-6-7-8-9-18(24)26-16-27-19(25)23-22-12-17-10-20(2,14-22)13-21(3,11-17)15-22/h17H,4-16H2,1-3H3,(H,23,25). The van der Waals surface area contributed by atoms with Crippen LogP contribution in [-0.4, -0.2) is 24.4 Å². The van der Waals surface area contributed by atoms with Gasteiger partial charge in [0.2, 0.25) is 6.79 Å². The van der Waals surface area contributed by atoms with Crippen molar-refractivity contribution in [3.63, 3.8) is 0 Å². The quantitative estimate of drug-likeness (QED) is 0.334. The van der Waals surface area contributed by atoms with Crippen LogP contribution in [0.3, 0.4) is 0 Å². The van der Waals surface area contributed by atoms with E-state index >= 15 is 0 Å². The molecule has 4 aliphatic rings. The van der Waals surface area contributed by atoms with Crippen LogP contribution in [0.4, 0.5) is 4.79 Å². The Balaban J connectivity index is 1.38. The van der Waals surface area contributed by atoms with Crippen LogP contribution in [0.2, 0.25) is 0 Å². The Bertz CT molecular complexity index is 543. The van der Waals surface area contributed by atoms with Crippen molar-refractivity contribution in [1.82, 2.24) is 5.32 Å². The van der Waals surface area contributed by atoms with Crippen LogP contribution in [0, 0.1) is 16.7 Å². The number of nitrogens with one attached hydrogen (secondary N) is 1. The number of rotatable bonds is 9. The number of carbonyl (C=O) groups excluding carboxylic acids is 2. The van der Waals surface area contributed by atoms with Crippen molar-refractivity contribution in [3.05, 3.63) is 0 Å². The highest BCUT2D eigenvalue weighted by molar-refractivity contribution is 5.70. The summed E-state index contributed by atoms with van der Waals surface area (Å²) in [7, 11) is 0. The number of alkyl carbamates (subject to hydrolysis) is 1. The molecule has 0 aliphatic heterocycles. The zero-order valence-corrected chi connectivity index (χ0v) is 17.4. The predicted octanol–water partition coefficient (Wildman–Crippen LogP) is 5.32. The van der Waals surface area contributed by atoms with E-state index in [1.165, 1.54) is 32.1 Å². The fourth-order valence-electron chi connectivity index (χ4n) is 6.93. The van der Waals surface area contributed by atoms with Crippen molar-refractivity contribution in [2.75, 3.05) is 6.79 Å². The molecule has 4 rings (SSSR count). The first-order chi connectivity index (χ1) is 12.8. The SMILES string of the molecule is CCCCCCCC(=O)OCOC(=O)NC12CC3CC(C)(CC(C)(C3)C1)C2. The minimum atomic E-state index is -0.445. The van der Waals surface area contributed by atoms with E-state index in [9.17, 15) is 9.59 Å². The summed E-state index contributed by atoms with van der Waals surface area (Å²) in [5.41, 5.74) is 0.542. The molecular formula is C22H37NO4. The monoisotopic (exact) mass is 379 g/mol. The molecule has 4 aliphatic carbocycles. The maximum atomic E-state index is 12.3. The average molecular weight is 380 g/mol. The Morgan fingerprint density at radius 2 is 1.59 bits per heavy atom. The number of hydrogen-bond acceptors (Lipinski definition) is 4. The van der Waals surface area contributed by atoms with Crippen LogP contribution in [0.15, 0.2) is 0 Å². The van der Waals surface area contributed by atoms with Crippen LogP contribution in [0.5, 0.6) is 0 Å². The third kappa shape index (κ3) is 5.17. The lowest BCUT2D eigenvalue weighted by Gasteiger charge is -2.65. The molecule has 2 atom stereocenters. The molecule has 0 spiro atoms. The number of esters is 1. The first-order valence-corrected chi connectivity index (χ1v) is 10.9. The van der Waals surface area contributed by atoms with Gasteiger partial charge in [0.25, 0.3) is 0 Å². The molecule has 154 valence electrons. The van der Waals surface area contributed by atoms with Gasteiger partial charge in [-0.1, -0.05) is 46.5 Å². The Hall–Kier alpha value is -1.26. The van der Waals surface area contributed by atoms with Crippen molar-refractivity contribution in [3.8, 4) is 0 Å². The Morgan fingerprint density at radius 1 is 0.926 bits per heavy atom. The zero-order chi connectivity index (χ0) is 19.5. The van der Waals surface area contributed by atoms with Crippen molar-refractivity contribution in [2.24, 2.45) is 16.7 Å². The van der Waals surface area contributed by atoms with Gasteiger partial charge in [0.05, 0.1) is 0 Å². The highest BCUT2D eigenvalue weighted by Gasteiger charge is 2.60. The van der Waals surface area contributed by atoms with Crippen LogP contribution in [0.1, 0.15) is 97.8 Å². The minimum absolute atomic E-state index is 0.136. The molecular weight excluding hydrogens is 342 g/mol. The third-order valence-corrected chi connectivity index (χ3v) is 6.89. The molecule has 0 aromatic carbocycles. The van der Waals surface area contributed by atoms with E-state index in [-0.39, 0.29) is 18.3 Å². The summed E-state index contributed by atoms with van der Waals surface area (Å²) < 4.78 is 10.2. The summed E-state index contributed by atoms with van der Waals surface area (Å²) >= 11 is 0. The van der Waals surface area contributed by atoms with Crippen molar-refractivity contribution >= 4 is 12.1 Å². The zero-order valence-electron chi connectivity index (χ0n) is 17.4. The van der Waals surface area contributed by atoms with E-state index in [0.29, 0.717) is 23.2 Å².